The fourth-order valence-electron chi connectivity index (χ4n) is 1.68. The lowest BCUT2D eigenvalue weighted by atomic mass is 9.93. The topological polar surface area (TPSA) is 77.4 Å². The van der Waals surface area contributed by atoms with E-state index < -0.39 is 23.8 Å². The third-order valence-electron chi connectivity index (χ3n) is 2.50. The lowest BCUT2D eigenvalue weighted by Crippen LogP contribution is -2.51. The summed E-state index contributed by atoms with van der Waals surface area (Å²) in [6.45, 7) is 2.13. The van der Waals surface area contributed by atoms with Gasteiger partial charge in [0.1, 0.15) is 18.4 Å². The molecular formula is C12H24ClNO4. The van der Waals surface area contributed by atoms with E-state index >= 15 is 0 Å². The van der Waals surface area contributed by atoms with E-state index in [-0.39, 0.29) is 25.4 Å². The minimum Gasteiger partial charge on any atom is -0.549 e. The van der Waals surface area contributed by atoms with Crippen LogP contribution in [0.3, 0.4) is 0 Å². The van der Waals surface area contributed by atoms with Crippen molar-refractivity contribution in [3.63, 3.8) is 0 Å². The fraction of sp³-hybridized carbons (Fsp3) is 0.833. The SMILES string of the molecule is CCCCC(=O)C(C(=O)[O-])C(O)C[N+](C)(C)C.Cl. The number of halogens is 1. The Morgan fingerprint density at radius 1 is 1.28 bits per heavy atom. The first kappa shape index (κ1) is 19.7. The number of unbranched alkanes of at least 4 members (excludes halogenated alkanes) is 1. The molecule has 0 rings (SSSR count). The molecule has 0 aliphatic rings. The van der Waals surface area contributed by atoms with Gasteiger partial charge in [-0.05, 0) is 6.42 Å². The quantitative estimate of drug-likeness (QED) is 0.485. The molecule has 0 aliphatic carbocycles. The number of likely N-dealkylation sites (N-methyl/N-ethyl adjacent to an activating group) is 1. The number of ketones is 1. The van der Waals surface area contributed by atoms with Gasteiger partial charge < -0.3 is 19.5 Å². The van der Waals surface area contributed by atoms with E-state index in [0.717, 1.165) is 6.42 Å². The molecule has 2 unspecified atom stereocenters. The van der Waals surface area contributed by atoms with Gasteiger partial charge in [0.2, 0.25) is 0 Å². The van der Waals surface area contributed by atoms with Gasteiger partial charge >= 0.3 is 0 Å². The number of quaternary nitrogens is 1. The van der Waals surface area contributed by atoms with Crippen LogP contribution in [0.15, 0.2) is 0 Å². The number of carbonyl (C=O) groups is 2. The molecule has 0 spiro atoms. The zero-order valence-electron chi connectivity index (χ0n) is 11.5. The lowest BCUT2D eigenvalue weighted by molar-refractivity contribution is -0.873. The fourth-order valence-corrected chi connectivity index (χ4v) is 1.68. The zero-order valence-corrected chi connectivity index (χ0v) is 12.3. The van der Waals surface area contributed by atoms with Crippen LogP contribution in [0.25, 0.3) is 0 Å². The lowest BCUT2D eigenvalue weighted by Gasteiger charge is -2.30. The second-order valence-corrected chi connectivity index (χ2v) is 5.41. The highest BCUT2D eigenvalue weighted by Gasteiger charge is 2.31. The number of carbonyl (C=O) groups excluding carboxylic acids is 2. The van der Waals surface area contributed by atoms with Crippen LogP contribution in [0.4, 0.5) is 0 Å². The van der Waals surface area contributed by atoms with E-state index in [9.17, 15) is 19.8 Å². The largest absolute Gasteiger partial charge is 0.549 e. The maximum Gasteiger partial charge on any atom is 0.144 e. The van der Waals surface area contributed by atoms with E-state index in [1.165, 1.54) is 0 Å². The highest BCUT2D eigenvalue weighted by Crippen LogP contribution is 2.12. The van der Waals surface area contributed by atoms with Crippen LogP contribution < -0.4 is 5.11 Å². The highest BCUT2D eigenvalue weighted by molar-refractivity contribution is 5.98. The number of carboxylic acids is 1. The van der Waals surface area contributed by atoms with Gasteiger partial charge in [0.05, 0.1) is 33.0 Å². The molecule has 0 aromatic carbocycles. The molecule has 6 heteroatoms. The summed E-state index contributed by atoms with van der Waals surface area (Å²) < 4.78 is 0.395. The molecule has 0 aromatic rings. The zero-order chi connectivity index (χ0) is 13.6. The summed E-state index contributed by atoms with van der Waals surface area (Å²) in [6, 6.07) is 0. The third-order valence-corrected chi connectivity index (χ3v) is 2.50. The minimum atomic E-state index is -1.48. The number of nitrogens with zero attached hydrogens (tertiary/aromatic N) is 1. The molecule has 0 fully saturated rings. The molecule has 0 bridgehead atoms. The van der Waals surface area contributed by atoms with Crippen LogP contribution in [0.2, 0.25) is 0 Å². The van der Waals surface area contributed by atoms with Gasteiger partial charge in [-0.1, -0.05) is 13.3 Å². The summed E-state index contributed by atoms with van der Waals surface area (Å²) >= 11 is 0. The Morgan fingerprint density at radius 3 is 2.11 bits per heavy atom. The molecule has 0 heterocycles. The number of Topliss-reactive ketones (excluding diaryl/α,β-unsaturated/α-hetero) is 1. The summed E-state index contributed by atoms with van der Waals surface area (Å²) in [7, 11) is 5.48. The maximum absolute atomic E-state index is 11.7. The Kier molecular flexibility index (Phi) is 9.24. The minimum absolute atomic E-state index is 0. The van der Waals surface area contributed by atoms with Gasteiger partial charge in [0.15, 0.2) is 0 Å². The summed E-state index contributed by atoms with van der Waals surface area (Å²) in [5, 5.41) is 20.8. The van der Waals surface area contributed by atoms with Gasteiger partial charge in [-0.25, -0.2) is 0 Å². The predicted octanol–water partition coefficient (Wildman–Crippen LogP) is -0.399. The van der Waals surface area contributed by atoms with E-state index in [1.54, 1.807) is 0 Å². The molecule has 1 N–H and O–H groups in total. The van der Waals surface area contributed by atoms with Crippen molar-refractivity contribution in [2.24, 2.45) is 5.92 Å². The van der Waals surface area contributed by atoms with Crippen LogP contribution in [0.5, 0.6) is 0 Å². The second kappa shape index (κ2) is 8.45. The van der Waals surface area contributed by atoms with Crippen LogP contribution in [0, 0.1) is 5.92 Å². The highest BCUT2D eigenvalue weighted by atomic mass is 35.5. The summed E-state index contributed by atoms with van der Waals surface area (Å²) in [5.74, 6) is -3.32. The van der Waals surface area contributed by atoms with Crippen LogP contribution in [0.1, 0.15) is 26.2 Å². The van der Waals surface area contributed by atoms with E-state index in [2.05, 4.69) is 0 Å². The number of rotatable bonds is 8. The molecule has 0 aliphatic heterocycles. The van der Waals surface area contributed by atoms with Crippen molar-refractivity contribution in [1.29, 1.82) is 0 Å². The van der Waals surface area contributed by atoms with Crippen molar-refractivity contribution in [3.05, 3.63) is 0 Å². The first-order valence-electron chi connectivity index (χ1n) is 5.91. The van der Waals surface area contributed by atoms with Crippen molar-refractivity contribution in [1.82, 2.24) is 0 Å². The van der Waals surface area contributed by atoms with Gasteiger partial charge in [-0.15, -0.1) is 12.4 Å². The Hall–Kier alpha value is -0.650. The van der Waals surface area contributed by atoms with Crippen molar-refractivity contribution in [3.8, 4) is 0 Å². The smallest absolute Gasteiger partial charge is 0.144 e. The number of aliphatic carboxylic acids is 1. The van der Waals surface area contributed by atoms with Crippen LogP contribution >= 0.6 is 12.4 Å². The Morgan fingerprint density at radius 2 is 1.78 bits per heavy atom. The number of hydrogen-bond acceptors (Lipinski definition) is 4. The molecule has 0 aromatic heterocycles. The van der Waals surface area contributed by atoms with Crippen molar-refractivity contribution >= 4 is 24.2 Å². The number of hydrogen-bond donors (Lipinski definition) is 1. The molecular weight excluding hydrogens is 258 g/mol. The number of carboxylic acid groups (broad SMARTS) is 1. The molecule has 0 radical (unpaired) electrons. The first-order chi connectivity index (χ1) is 7.69. The van der Waals surface area contributed by atoms with Crippen molar-refractivity contribution in [2.45, 2.75) is 32.3 Å². The summed E-state index contributed by atoms with van der Waals surface area (Å²) in [4.78, 5) is 22.6. The molecule has 18 heavy (non-hydrogen) atoms. The van der Waals surface area contributed by atoms with Gasteiger partial charge in [-0.2, -0.15) is 0 Å². The Bertz CT molecular complexity index is 276. The number of aliphatic hydroxyl groups is 1. The summed E-state index contributed by atoms with van der Waals surface area (Å²) in [6.07, 6.45) is 0.448. The Balaban J connectivity index is 0. The van der Waals surface area contributed by atoms with Gasteiger partial charge in [0.25, 0.3) is 0 Å². The standard InChI is InChI=1S/C12H23NO4.ClH/c1-5-6-7-9(14)11(12(16)17)10(15)8-13(2,3)4;/h10-11,15H,5-8H2,1-4H3;1H. The van der Waals surface area contributed by atoms with Gasteiger partial charge in [0, 0.05) is 6.42 Å². The van der Waals surface area contributed by atoms with E-state index in [1.807, 2.05) is 28.1 Å². The second-order valence-electron chi connectivity index (χ2n) is 5.41. The van der Waals surface area contributed by atoms with E-state index in [4.69, 9.17) is 0 Å². The third kappa shape index (κ3) is 7.63. The monoisotopic (exact) mass is 281 g/mol. The molecule has 2 atom stereocenters. The molecule has 5 nitrogen and oxygen atoms in total. The first-order valence-corrected chi connectivity index (χ1v) is 5.91. The van der Waals surface area contributed by atoms with Crippen molar-refractivity contribution < 1.29 is 24.3 Å². The number of aliphatic hydroxyl groups excluding tert-OH is 1. The molecule has 0 saturated heterocycles. The van der Waals surface area contributed by atoms with Crippen LogP contribution in [-0.4, -0.2) is 55.1 Å². The summed E-state index contributed by atoms with van der Waals surface area (Å²) in [5.41, 5.74) is 0. The predicted molar refractivity (Wildman–Crippen MR) is 69.2 cm³/mol. The normalized spacial score (nSPS) is 14.5. The van der Waals surface area contributed by atoms with Crippen LogP contribution in [-0.2, 0) is 9.59 Å². The average Bonchev–Trinajstić information content (AvgIpc) is 2.10. The Labute approximate surface area is 115 Å². The maximum atomic E-state index is 11.7. The van der Waals surface area contributed by atoms with Gasteiger partial charge in [-0.3, -0.25) is 4.79 Å². The molecule has 0 amide bonds. The van der Waals surface area contributed by atoms with Crippen molar-refractivity contribution in [2.75, 3.05) is 27.7 Å². The molecule has 108 valence electrons. The molecule has 0 saturated carbocycles. The van der Waals surface area contributed by atoms with E-state index in [0.29, 0.717) is 10.9 Å². The average molecular weight is 282 g/mol.